The quantitative estimate of drug-likeness (QED) is 0.864. The molecule has 1 saturated heterocycles. The van der Waals surface area contributed by atoms with E-state index in [0.717, 1.165) is 29.8 Å². The average molecular weight is 344 g/mol. The molecule has 0 spiro atoms. The van der Waals surface area contributed by atoms with Crippen LogP contribution in [0.4, 0.5) is 16.6 Å². The molecule has 7 nitrogen and oxygen atoms in total. The van der Waals surface area contributed by atoms with Crippen LogP contribution in [0.1, 0.15) is 13.3 Å². The fourth-order valence-electron chi connectivity index (χ4n) is 2.12. The van der Waals surface area contributed by atoms with E-state index in [-0.39, 0.29) is 6.04 Å². The van der Waals surface area contributed by atoms with Crippen molar-refractivity contribution in [3.05, 3.63) is 10.7 Å². The monoisotopic (exact) mass is 343 g/mol. The Hall–Kier alpha value is -1.57. The van der Waals surface area contributed by atoms with Crippen molar-refractivity contribution in [3.8, 4) is 0 Å². The van der Waals surface area contributed by atoms with Gasteiger partial charge in [-0.25, -0.2) is 9.78 Å². The van der Waals surface area contributed by atoms with Crippen LogP contribution in [0, 0.1) is 0 Å². The van der Waals surface area contributed by atoms with Crippen molar-refractivity contribution in [3.63, 3.8) is 0 Å². The smallest absolute Gasteiger partial charge is 0.407 e. The summed E-state index contributed by atoms with van der Waals surface area (Å²) in [4.78, 5) is 22.0. The summed E-state index contributed by atoms with van der Waals surface area (Å²) in [6.07, 6.45) is 2.20. The molecule has 20 heavy (non-hydrogen) atoms. The van der Waals surface area contributed by atoms with E-state index in [1.807, 2.05) is 6.92 Å². The Bertz CT molecular complexity index is 485. The van der Waals surface area contributed by atoms with Crippen LogP contribution in [-0.2, 0) is 4.74 Å². The lowest BCUT2D eigenvalue weighted by Gasteiger charge is -2.19. The highest BCUT2D eigenvalue weighted by atomic mass is 79.9. The summed E-state index contributed by atoms with van der Waals surface area (Å²) >= 11 is 3.47. The van der Waals surface area contributed by atoms with E-state index in [1.54, 1.807) is 6.20 Å². The minimum Gasteiger partial charge on any atom is -0.453 e. The van der Waals surface area contributed by atoms with Crippen LogP contribution in [0.2, 0.25) is 0 Å². The van der Waals surface area contributed by atoms with E-state index in [1.165, 1.54) is 7.11 Å². The molecule has 1 aromatic heterocycles. The van der Waals surface area contributed by atoms with Gasteiger partial charge in [0.05, 0.1) is 17.6 Å². The molecule has 1 atom stereocenters. The predicted octanol–water partition coefficient (Wildman–Crippen LogP) is 1.61. The van der Waals surface area contributed by atoms with Crippen molar-refractivity contribution >= 4 is 33.8 Å². The summed E-state index contributed by atoms with van der Waals surface area (Å²) in [7, 11) is 1.37. The van der Waals surface area contributed by atoms with Gasteiger partial charge in [0.15, 0.2) is 0 Å². The highest BCUT2D eigenvalue weighted by Crippen LogP contribution is 2.27. The minimum absolute atomic E-state index is 0.0758. The number of amides is 1. The Labute approximate surface area is 126 Å². The molecular weight excluding hydrogens is 326 g/mol. The van der Waals surface area contributed by atoms with Gasteiger partial charge in [-0.1, -0.05) is 0 Å². The zero-order valence-electron chi connectivity index (χ0n) is 11.5. The first-order valence-electron chi connectivity index (χ1n) is 6.50. The van der Waals surface area contributed by atoms with E-state index >= 15 is 0 Å². The number of carbonyl (C=O) groups excluding carboxylic acids is 1. The lowest BCUT2D eigenvalue weighted by Crippen LogP contribution is -2.37. The lowest BCUT2D eigenvalue weighted by molar-refractivity contribution is 0.167. The topological polar surface area (TPSA) is 79.4 Å². The number of nitrogens with zero attached hydrogens (tertiary/aromatic N) is 3. The van der Waals surface area contributed by atoms with Crippen LogP contribution in [0.25, 0.3) is 0 Å². The van der Waals surface area contributed by atoms with Gasteiger partial charge in [-0.15, -0.1) is 0 Å². The number of methoxy groups -OCH3 is 1. The number of halogens is 1. The Morgan fingerprint density at radius 3 is 3.15 bits per heavy atom. The lowest BCUT2D eigenvalue weighted by atomic mass is 10.3. The van der Waals surface area contributed by atoms with Gasteiger partial charge < -0.3 is 20.3 Å². The average Bonchev–Trinajstić information content (AvgIpc) is 2.89. The normalized spacial score (nSPS) is 17.9. The van der Waals surface area contributed by atoms with Gasteiger partial charge in [0.2, 0.25) is 5.95 Å². The van der Waals surface area contributed by atoms with Crippen molar-refractivity contribution in [2.24, 2.45) is 0 Å². The molecule has 2 N–H and O–H groups in total. The second-order valence-corrected chi connectivity index (χ2v) is 5.32. The van der Waals surface area contributed by atoms with E-state index in [2.05, 4.69) is 46.2 Å². The van der Waals surface area contributed by atoms with Crippen molar-refractivity contribution in [2.75, 3.05) is 37.0 Å². The first-order valence-corrected chi connectivity index (χ1v) is 7.29. The molecule has 1 aliphatic heterocycles. The van der Waals surface area contributed by atoms with E-state index in [4.69, 9.17) is 0 Å². The molecule has 8 heteroatoms. The summed E-state index contributed by atoms with van der Waals surface area (Å²) in [6.45, 7) is 4.30. The van der Waals surface area contributed by atoms with Crippen molar-refractivity contribution < 1.29 is 9.53 Å². The number of nitrogens with one attached hydrogen (secondary N) is 2. The fourth-order valence-corrected chi connectivity index (χ4v) is 2.56. The fraction of sp³-hybridized carbons (Fsp3) is 0.583. The zero-order chi connectivity index (χ0) is 14.5. The molecule has 0 bridgehead atoms. The number of aromatic nitrogens is 2. The summed E-state index contributed by atoms with van der Waals surface area (Å²) in [5.74, 6) is 1.44. The number of anilines is 2. The van der Waals surface area contributed by atoms with Crippen LogP contribution in [0.5, 0.6) is 0 Å². The highest BCUT2D eigenvalue weighted by molar-refractivity contribution is 9.10. The maximum Gasteiger partial charge on any atom is 0.407 e. The molecule has 0 aliphatic carbocycles. The van der Waals surface area contributed by atoms with Crippen molar-refractivity contribution in [2.45, 2.75) is 19.4 Å². The Morgan fingerprint density at radius 2 is 2.45 bits per heavy atom. The molecule has 1 aromatic rings. The molecule has 110 valence electrons. The number of ether oxygens (including phenoxy) is 1. The SMILES string of the molecule is CCNc1ncc(Br)c(N2CCC(NC(=O)OC)C2)n1. The van der Waals surface area contributed by atoms with E-state index in [0.29, 0.717) is 12.5 Å². The largest absolute Gasteiger partial charge is 0.453 e. The molecule has 1 amide bonds. The minimum atomic E-state index is -0.396. The Kier molecular flexibility index (Phi) is 4.99. The number of rotatable bonds is 4. The highest BCUT2D eigenvalue weighted by Gasteiger charge is 2.26. The van der Waals surface area contributed by atoms with E-state index in [9.17, 15) is 4.79 Å². The van der Waals surface area contributed by atoms with Gasteiger partial charge in [-0.05, 0) is 29.3 Å². The van der Waals surface area contributed by atoms with Crippen molar-refractivity contribution in [1.82, 2.24) is 15.3 Å². The first-order chi connectivity index (χ1) is 9.63. The van der Waals surface area contributed by atoms with Gasteiger partial charge in [0.1, 0.15) is 5.82 Å². The van der Waals surface area contributed by atoms with Crippen LogP contribution in [-0.4, -0.2) is 48.8 Å². The van der Waals surface area contributed by atoms with Gasteiger partial charge in [-0.3, -0.25) is 0 Å². The third-order valence-electron chi connectivity index (χ3n) is 3.06. The second-order valence-electron chi connectivity index (χ2n) is 4.46. The number of alkyl carbamates (subject to hydrolysis) is 1. The van der Waals surface area contributed by atoms with Gasteiger partial charge in [0.25, 0.3) is 0 Å². The Morgan fingerprint density at radius 1 is 1.65 bits per heavy atom. The summed E-state index contributed by atoms with van der Waals surface area (Å²) in [6, 6.07) is 0.0758. The molecular formula is C12H18BrN5O2. The van der Waals surface area contributed by atoms with Crippen LogP contribution in [0.15, 0.2) is 10.7 Å². The van der Waals surface area contributed by atoms with Crippen molar-refractivity contribution in [1.29, 1.82) is 0 Å². The second kappa shape index (κ2) is 6.74. The third kappa shape index (κ3) is 3.50. The maximum atomic E-state index is 11.2. The number of hydrogen-bond acceptors (Lipinski definition) is 6. The van der Waals surface area contributed by atoms with Crippen LogP contribution >= 0.6 is 15.9 Å². The van der Waals surface area contributed by atoms with E-state index < -0.39 is 6.09 Å². The third-order valence-corrected chi connectivity index (χ3v) is 3.62. The molecule has 0 saturated carbocycles. The van der Waals surface area contributed by atoms with Gasteiger partial charge in [-0.2, -0.15) is 4.98 Å². The summed E-state index contributed by atoms with van der Waals surface area (Å²) in [5.41, 5.74) is 0. The first kappa shape index (κ1) is 14.8. The molecule has 1 unspecified atom stereocenters. The molecule has 0 aromatic carbocycles. The maximum absolute atomic E-state index is 11.2. The molecule has 1 aliphatic rings. The molecule has 2 heterocycles. The van der Waals surface area contributed by atoms with Gasteiger partial charge >= 0.3 is 6.09 Å². The summed E-state index contributed by atoms with van der Waals surface area (Å²) in [5, 5.41) is 5.90. The molecule has 1 fully saturated rings. The summed E-state index contributed by atoms with van der Waals surface area (Å²) < 4.78 is 5.46. The predicted molar refractivity (Wildman–Crippen MR) is 80.1 cm³/mol. The Balaban J connectivity index is 2.05. The zero-order valence-corrected chi connectivity index (χ0v) is 13.1. The number of carbonyl (C=O) groups is 1. The number of hydrogen-bond donors (Lipinski definition) is 2. The molecule has 2 rings (SSSR count). The van der Waals surface area contributed by atoms with Crippen LogP contribution in [0.3, 0.4) is 0 Å². The van der Waals surface area contributed by atoms with Crippen LogP contribution < -0.4 is 15.5 Å². The molecule has 0 radical (unpaired) electrons. The van der Waals surface area contributed by atoms with Gasteiger partial charge in [0, 0.05) is 25.8 Å². The standard InChI is InChI=1S/C12H18BrN5O2/c1-3-14-11-15-6-9(13)10(17-11)18-5-4-8(7-18)16-12(19)20-2/h6,8H,3-5,7H2,1-2H3,(H,16,19)(H,14,15,17).